The molecule has 1 radical (unpaired) electrons. The first-order valence-corrected chi connectivity index (χ1v) is 3.82. The van der Waals surface area contributed by atoms with Gasteiger partial charge in [-0.15, -0.1) is 0 Å². The van der Waals surface area contributed by atoms with Gasteiger partial charge in [-0.05, 0) is 17.7 Å². The van der Waals surface area contributed by atoms with Crippen molar-refractivity contribution in [2.75, 3.05) is 0 Å². The Morgan fingerprint density at radius 3 is 2.82 bits per heavy atom. The summed E-state index contributed by atoms with van der Waals surface area (Å²) >= 11 is 3.11. The van der Waals surface area contributed by atoms with Gasteiger partial charge in [0, 0.05) is 10.9 Å². The van der Waals surface area contributed by atoms with Gasteiger partial charge in [-0.25, -0.2) is 4.39 Å². The molecule has 1 aromatic carbocycles. The van der Waals surface area contributed by atoms with Crippen LogP contribution in [0.15, 0.2) is 22.7 Å². The molecule has 3 heteroatoms. The van der Waals surface area contributed by atoms with Crippen molar-refractivity contribution in [1.82, 2.24) is 0 Å². The standard InChI is InChI=1S/C8H5BrFO/c9-7-2-1-6(3-4-11)8(10)5-7/h1-2,5H,3H2. The second-order valence-electron chi connectivity index (χ2n) is 2.06. The zero-order valence-corrected chi connectivity index (χ0v) is 7.19. The van der Waals surface area contributed by atoms with E-state index in [-0.39, 0.29) is 12.2 Å². The summed E-state index contributed by atoms with van der Waals surface area (Å²) in [6.45, 7) is 0. The van der Waals surface area contributed by atoms with E-state index in [1.165, 1.54) is 6.07 Å². The first kappa shape index (κ1) is 8.40. The average Bonchev–Trinajstić information content (AvgIpc) is 1.95. The molecule has 0 atom stereocenters. The van der Waals surface area contributed by atoms with Crippen LogP contribution < -0.4 is 0 Å². The fourth-order valence-corrected chi connectivity index (χ4v) is 1.08. The second-order valence-corrected chi connectivity index (χ2v) is 2.97. The molecule has 0 unspecified atom stereocenters. The van der Waals surface area contributed by atoms with Gasteiger partial charge in [0.1, 0.15) is 5.82 Å². The average molecular weight is 216 g/mol. The van der Waals surface area contributed by atoms with Crippen molar-refractivity contribution in [3.05, 3.63) is 34.1 Å². The van der Waals surface area contributed by atoms with Crippen molar-refractivity contribution >= 4 is 22.2 Å². The molecular weight excluding hydrogens is 211 g/mol. The van der Waals surface area contributed by atoms with Crippen molar-refractivity contribution in [2.24, 2.45) is 0 Å². The van der Waals surface area contributed by atoms with Crippen LogP contribution in [0.1, 0.15) is 5.56 Å². The van der Waals surface area contributed by atoms with Gasteiger partial charge in [-0.2, -0.15) is 0 Å². The van der Waals surface area contributed by atoms with Crippen LogP contribution >= 0.6 is 15.9 Å². The molecule has 1 nitrogen and oxygen atoms in total. The Morgan fingerprint density at radius 1 is 1.55 bits per heavy atom. The molecular formula is C8H5BrFO. The highest BCUT2D eigenvalue weighted by atomic mass is 79.9. The van der Waals surface area contributed by atoms with E-state index >= 15 is 0 Å². The van der Waals surface area contributed by atoms with Gasteiger partial charge in [-0.1, -0.05) is 22.0 Å². The maximum absolute atomic E-state index is 12.8. The number of halogens is 2. The van der Waals surface area contributed by atoms with Crippen molar-refractivity contribution < 1.29 is 9.18 Å². The molecule has 57 valence electrons. The molecule has 0 bridgehead atoms. The maximum atomic E-state index is 12.8. The van der Waals surface area contributed by atoms with Crippen LogP contribution in [0.2, 0.25) is 0 Å². The van der Waals surface area contributed by atoms with Crippen molar-refractivity contribution in [1.29, 1.82) is 0 Å². The Kier molecular flexibility index (Phi) is 2.76. The normalized spacial score (nSPS) is 9.64. The van der Waals surface area contributed by atoms with Gasteiger partial charge in [0.15, 0.2) is 0 Å². The number of rotatable bonds is 2. The maximum Gasteiger partial charge on any atom is 0.203 e. The van der Waals surface area contributed by atoms with Crippen LogP contribution in [0.25, 0.3) is 0 Å². The Labute approximate surface area is 72.4 Å². The van der Waals surface area contributed by atoms with Crippen molar-refractivity contribution in [2.45, 2.75) is 6.42 Å². The zero-order valence-electron chi connectivity index (χ0n) is 5.60. The molecule has 0 amide bonds. The number of hydrogen-bond acceptors (Lipinski definition) is 1. The molecule has 0 saturated heterocycles. The third-order valence-electron chi connectivity index (χ3n) is 1.28. The topological polar surface area (TPSA) is 17.1 Å². The predicted octanol–water partition coefficient (Wildman–Crippen LogP) is 2.24. The Bertz CT molecular complexity index is 273. The number of hydrogen-bond donors (Lipinski definition) is 0. The Balaban J connectivity index is 2.98. The summed E-state index contributed by atoms with van der Waals surface area (Å²) in [6, 6.07) is 4.58. The summed E-state index contributed by atoms with van der Waals surface area (Å²) in [5, 5.41) is 0. The van der Waals surface area contributed by atoms with Crippen LogP contribution in [0.5, 0.6) is 0 Å². The minimum absolute atomic E-state index is 0.0130. The summed E-state index contributed by atoms with van der Waals surface area (Å²) in [6.07, 6.45) is 1.65. The highest BCUT2D eigenvalue weighted by Gasteiger charge is 2.00. The van der Waals surface area contributed by atoms with Crippen LogP contribution in [-0.4, -0.2) is 6.29 Å². The predicted molar refractivity (Wildman–Crippen MR) is 43.5 cm³/mol. The van der Waals surface area contributed by atoms with Crippen molar-refractivity contribution in [3.8, 4) is 0 Å². The van der Waals surface area contributed by atoms with Crippen LogP contribution in [0.4, 0.5) is 4.39 Å². The first-order valence-electron chi connectivity index (χ1n) is 3.03. The molecule has 0 fully saturated rings. The summed E-state index contributed by atoms with van der Waals surface area (Å²) in [5.41, 5.74) is 0.378. The summed E-state index contributed by atoms with van der Waals surface area (Å²) < 4.78 is 13.5. The number of carbonyl (C=O) groups excluding carboxylic acids is 1. The molecule has 0 spiro atoms. The minimum atomic E-state index is -0.372. The lowest BCUT2D eigenvalue weighted by molar-refractivity contribution is 0.551. The Hall–Kier alpha value is -0.700. The van der Waals surface area contributed by atoms with E-state index in [1.54, 1.807) is 18.4 Å². The lowest BCUT2D eigenvalue weighted by Gasteiger charge is -1.96. The molecule has 0 aliphatic heterocycles. The smallest absolute Gasteiger partial charge is 0.203 e. The van der Waals surface area contributed by atoms with Gasteiger partial charge in [0.25, 0.3) is 0 Å². The second kappa shape index (κ2) is 3.62. The van der Waals surface area contributed by atoms with Gasteiger partial charge in [0.2, 0.25) is 6.29 Å². The van der Waals surface area contributed by atoms with E-state index in [2.05, 4.69) is 15.9 Å². The molecule has 0 heterocycles. The van der Waals surface area contributed by atoms with E-state index in [9.17, 15) is 9.18 Å². The van der Waals surface area contributed by atoms with Crippen LogP contribution in [0.3, 0.4) is 0 Å². The van der Waals surface area contributed by atoms with E-state index in [1.807, 2.05) is 0 Å². The fourth-order valence-electron chi connectivity index (χ4n) is 0.743. The van der Waals surface area contributed by atoms with E-state index in [0.29, 0.717) is 10.0 Å². The molecule has 0 aliphatic rings. The lowest BCUT2D eigenvalue weighted by atomic mass is 10.1. The van der Waals surface area contributed by atoms with E-state index in [4.69, 9.17) is 0 Å². The summed E-state index contributed by atoms with van der Waals surface area (Å²) in [4.78, 5) is 9.91. The minimum Gasteiger partial charge on any atom is -0.291 e. The fraction of sp³-hybridized carbons (Fsp3) is 0.125. The van der Waals surface area contributed by atoms with Gasteiger partial charge in [0.05, 0.1) is 0 Å². The molecule has 0 saturated carbocycles. The molecule has 0 aliphatic carbocycles. The van der Waals surface area contributed by atoms with E-state index in [0.717, 1.165) is 0 Å². The molecule has 1 aromatic rings. The quantitative estimate of drug-likeness (QED) is 0.740. The Morgan fingerprint density at radius 2 is 2.27 bits per heavy atom. The van der Waals surface area contributed by atoms with Crippen LogP contribution in [0, 0.1) is 5.82 Å². The monoisotopic (exact) mass is 215 g/mol. The van der Waals surface area contributed by atoms with Crippen molar-refractivity contribution in [3.63, 3.8) is 0 Å². The highest BCUT2D eigenvalue weighted by molar-refractivity contribution is 9.10. The third kappa shape index (κ3) is 2.12. The molecule has 1 rings (SSSR count). The van der Waals surface area contributed by atoms with Gasteiger partial charge < -0.3 is 0 Å². The van der Waals surface area contributed by atoms with E-state index < -0.39 is 0 Å². The SMILES string of the molecule is O=[C]Cc1ccc(Br)cc1F. The van der Waals surface area contributed by atoms with Gasteiger partial charge >= 0.3 is 0 Å². The summed E-state index contributed by atoms with van der Waals surface area (Å²) in [5.74, 6) is -0.372. The largest absolute Gasteiger partial charge is 0.291 e. The third-order valence-corrected chi connectivity index (χ3v) is 1.77. The first-order chi connectivity index (χ1) is 5.24. The zero-order chi connectivity index (χ0) is 8.27. The molecule has 0 aromatic heterocycles. The molecule has 11 heavy (non-hydrogen) atoms. The van der Waals surface area contributed by atoms with Crippen LogP contribution in [-0.2, 0) is 11.2 Å². The van der Waals surface area contributed by atoms with Gasteiger partial charge in [-0.3, -0.25) is 4.79 Å². The highest BCUT2D eigenvalue weighted by Crippen LogP contribution is 2.14. The summed E-state index contributed by atoms with van der Waals surface area (Å²) in [7, 11) is 0. The molecule has 0 N–H and O–H groups in total. The lowest BCUT2D eigenvalue weighted by Crippen LogP contribution is -1.90. The number of benzene rings is 1.